The van der Waals surface area contributed by atoms with E-state index >= 15 is 0 Å². The number of fused-ring (bicyclic) bond motifs is 1. The maximum Gasteiger partial charge on any atom is 0.410 e. The first-order valence-corrected chi connectivity index (χ1v) is 11.8. The summed E-state index contributed by atoms with van der Waals surface area (Å²) in [4.78, 5) is 40.5. The minimum Gasteiger partial charge on any atom is -0.464 e. The van der Waals surface area contributed by atoms with Gasteiger partial charge in [0.2, 0.25) is 6.04 Å². The van der Waals surface area contributed by atoms with E-state index in [9.17, 15) is 23.2 Å². The number of esters is 1. The van der Waals surface area contributed by atoms with Gasteiger partial charge in [0.1, 0.15) is 5.60 Å². The smallest absolute Gasteiger partial charge is 0.410 e. The fourth-order valence-electron chi connectivity index (χ4n) is 3.99. The number of amides is 1. The van der Waals surface area contributed by atoms with Crippen LogP contribution in [0.15, 0.2) is 16.7 Å². The van der Waals surface area contributed by atoms with Crippen LogP contribution in [0.1, 0.15) is 64.1 Å². The number of likely N-dealkylation sites (tertiary alicyclic amines) is 1. The van der Waals surface area contributed by atoms with Crippen LogP contribution in [0.4, 0.5) is 13.6 Å². The molecule has 1 unspecified atom stereocenters. The van der Waals surface area contributed by atoms with Gasteiger partial charge in [-0.1, -0.05) is 15.9 Å². The van der Waals surface area contributed by atoms with Gasteiger partial charge < -0.3 is 9.47 Å². The number of carbonyl (C=O) groups is 3. The molecule has 1 saturated heterocycles. The summed E-state index contributed by atoms with van der Waals surface area (Å²) in [6, 6.07) is -1.17. The number of alkyl halides is 2. The van der Waals surface area contributed by atoms with Gasteiger partial charge in [-0.25, -0.2) is 23.1 Å². The van der Waals surface area contributed by atoms with E-state index in [4.69, 9.17) is 9.47 Å². The highest BCUT2D eigenvalue weighted by molar-refractivity contribution is 9.10. The summed E-state index contributed by atoms with van der Waals surface area (Å²) in [6.07, 6.45) is -1.29. The third kappa shape index (κ3) is 5.24. The lowest BCUT2D eigenvalue weighted by Gasteiger charge is -2.29. The maximum atomic E-state index is 13.7. The van der Waals surface area contributed by atoms with Crippen molar-refractivity contribution in [3.05, 3.63) is 27.9 Å². The normalized spacial score (nSPS) is 17.3. The van der Waals surface area contributed by atoms with Crippen LogP contribution in [0.5, 0.6) is 0 Å². The Labute approximate surface area is 204 Å². The number of Topliss-reactive ketones (excluding diaryl/α,β-unsaturated/α-hetero) is 1. The maximum absolute atomic E-state index is 13.7. The molecule has 0 saturated carbocycles. The van der Waals surface area contributed by atoms with Gasteiger partial charge in [-0.15, -0.1) is 0 Å². The van der Waals surface area contributed by atoms with Crippen molar-refractivity contribution in [2.24, 2.45) is 0 Å². The molecule has 2 aromatic rings. The number of hydrogen-bond donors (Lipinski definition) is 0. The molecule has 0 bridgehead atoms. The molecule has 0 aliphatic carbocycles. The predicted molar refractivity (Wildman–Crippen MR) is 124 cm³/mol. The third-order valence-corrected chi connectivity index (χ3v) is 6.35. The Morgan fingerprint density at radius 3 is 2.56 bits per heavy atom. The van der Waals surface area contributed by atoms with Gasteiger partial charge >= 0.3 is 12.1 Å². The van der Waals surface area contributed by atoms with Crippen molar-refractivity contribution in [1.29, 1.82) is 0 Å². The molecule has 1 fully saturated rings. The van der Waals surface area contributed by atoms with E-state index in [-0.39, 0.29) is 23.1 Å². The second-order valence-corrected chi connectivity index (χ2v) is 9.99. The van der Waals surface area contributed by atoms with E-state index in [2.05, 4.69) is 21.0 Å². The number of hydrogen-bond acceptors (Lipinski definition) is 6. The molecule has 0 spiro atoms. The zero-order valence-electron chi connectivity index (χ0n) is 19.7. The van der Waals surface area contributed by atoms with Crippen LogP contribution < -0.4 is 0 Å². The Morgan fingerprint density at radius 2 is 1.97 bits per heavy atom. The number of halogens is 3. The number of ketones is 1. The fraction of sp³-hybridized carbons (Fsp3) is 0.565. The molecule has 0 radical (unpaired) electrons. The molecule has 1 aromatic heterocycles. The highest BCUT2D eigenvalue weighted by Crippen LogP contribution is 2.35. The van der Waals surface area contributed by atoms with Crippen molar-refractivity contribution in [3.63, 3.8) is 0 Å². The first-order valence-electron chi connectivity index (χ1n) is 11.0. The minimum absolute atomic E-state index is 0.0106. The number of benzene rings is 1. The second kappa shape index (κ2) is 9.97. The van der Waals surface area contributed by atoms with Crippen LogP contribution in [0.25, 0.3) is 10.9 Å². The van der Waals surface area contributed by atoms with Gasteiger partial charge in [0.25, 0.3) is 6.43 Å². The zero-order chi connectivity index (χ0) is 25.4. The summed E-state index contributed by atoms with van der Waals surface area (Å²) >= 11 is 3.27. The van der Waals surface area contributed by atoms with Gasteiger partial charge in [-0.3, -0.25) is 9.69 Å². The summed E-state index contributed by atoms with van der Waals surface area (Å²) in [5.41, 5.74) is -0.207. The summed E-state index contributed by atoms with van der Waals surface area (Å²) in [6.45, 7) is 8.75. The SMILES string of the molecule is CCOC(=O)C(C(=O)[C@@H]1CCCN1C(=O)OC(C)(C)C)n1cc2c(C(F)F)cc(Br)c(C)c2n1. The molecule has 11 heteroatoms. The molecule has 0 N–H and O–H groups in total. The van der Waals surface area contributed by atoms with Crippen molar-refractivity contribution in [2.45, 2.75) is 71.6 Å². The van der Waals surface area contributed by atoms with E-state index in [1.165, 1.54) is 17.2 Å². The first-order chi connectivity index (χ1) is 15.9. The van der Waals surface area contributed by atoms with Crippen LogP contribution in [-0.2, 0) is 19.1 Å². The molecule has 3 rings (SSSR count). The fourth-order valence-corrected chi connectivity index (χ4v) is 4.42. The van der Waals surface area contributed by atoms with E-state index < -0.39 is 42.0 Å². The third-order valence-electron chi connectivity index (χ3n) is 5.53. The Balaban J connectivity index is 2.06. The first kappa shape index (κ1) is 26.1. The van der Waals surface area contributed by atoms with Crippen molar-refractivity contribution >= 4 is 44.7 Å². The van der Waals surface area contributed by atoms with Crippen LogP contribution in [0, 0.1) is 6.92 Å². The zero-order valence-corrected chi connectivity index (χ0v) is 21.3. The van der Waals surface area contributed by atoms with Gasteiger partial charge in [0.15, 0.2) is 5.78 Å². The quantitative estimate of drug-likeness (QED) is 0.371. The van der Waals surface area contributed by atoms with E-state index in [0.717, 1.165) is 4.68 Å². The molecule has 2 heterocycles. The molecule has 2 atom stereocenters. The topological polar surface area (TPSA) is 90.7 Å². The summed E-state index contributed by atoms with van der Waals surface area (Å²) in [7, 11) is 0. The lowest BCUT2D eigenvalue weighted by Crippen LogP contribution is -2.47. The number of aryl methyl sites for hydroxylation is 1. The predicted octanol–water partition coefficient (Wildman–Crippen LogP) is 5.12. The van der Waals surface area contributed by atoms with E-state index in [1.807, 2.05) is 0 Å². The summed E-state index contributed by atoms with van der Waals surface area (Å²) < 4.78 is 39.5. The van der Waals surface area contributed by atoms with Crippen molar-refractivity contribution in [2.75, 3.05) is 13.2 Å². The molecular formula is C23H28BrF2N3O5. The van der Waals surface area contributed by atoms with Crippen molar-refractivity contribution in [3.8, 4) is 0 Å². The molecule has 34 heavy (non-hydrogen) atoms. The Bertz CT molecular complexity index is 1110. The molecular weight excluding hydrogens is 516 g/mol. The molecule has 1 aromatic carbocycles. The Morgan fingerprint density at radius 1 is 1.29 bits per heavy atom. The number of ether oxygens (including phenoxy) is 2. The average Bonchev–Trinajstić information content (AvgIpc) is 3.37. The lowest BCUT2D eigenvalue weighted by atomic mass is 10.0. The highest BCUT2D eigenvalue weighted by atomic mass is 79.9. The second-order valence-electron chi connectivity index (χ2n) is 9.13. The van der Waals surface area contributed by atoms with Gasteiger partial charge in [0.05, 0.1) is 18.2 Å². The van der Waals surface area contributed by atoms with Crippen LogP contribution in [-0.4, -0.2) is 57.3 Å². The van der Waals surface area contributed by atoms with Crippen LogP contribution in [0.3, 0.4) is 0 Å². The molecule has 8 nitrogen and oxygen atoms in total. The van der Waals surface area contributed by atoms with Crippen LogP contribution >= 0.6 is 15.9 Å². The average molecular weight is 544 g/mol. The summed E-state index contributed by atoms with van der Waals surface area (Å²) in [5.74, 6) is -1.48. The summed E-state index contributed by atoms with van der Waals surface area (Å²) in [5, 5.41) is 4.47. The number of rotatable bonds is 6. The minimum atomic E-state index is -2.79. The van der Waals surface area contributed by atoms with Crippen LogP contribution in [0.2, 0.25) is 0 Å². The number of nitrogens with zero attached hydrogens (tertiary/aromatic N) is 3. The Kier molecular flexibility index (Phi) is 7.64. The molecule has 1 aliphatic heterocycles. The van der Waals surface area contributed by atoms with Crippen molar-refractivity contribution in [1.82, 2.24) is 14.7 Å². The van der Waals surface area contributed by atoms with Gasteiger partial charge in [-0.05, 0) is 59.1 Å². The standard InChI is InChI=1S/C23H28BrF2N3O5/c1-6-33-21(31)18(19(30)16-8-7-9-28(16)22(32)34-23(3,4)5)29-11-14-13(20(25)26)10-15(24)12(2)17(14)27-29/h10-11,16,18,20H,6-9H2,1-5H3/t16-,18?/m0/s1. The molecule has 1 aliphatic rings. The number of carbonyl (C=O) groups excluding carboxylic acids is 3. The Hall–Kier alpha value is -2.56. The largest absolute Gasteiger partial charge is 0.464 e. The van der Waals surface area contributed by atoms with Gasteiger partial charge in [0, 0.05) is 28.2 Å². The molecule has 186 valence electrons. The van der Waals surface area contributed by atoms with E-state index in [1.54, 1.807) is 34.6 Å². The highest BCUT2D eigenvalue weighted by Gasteiger charge is 2.43. The van der Waals surface area contributed by atoms with E-state index in [0.29, 0.717) is 29.4 Å². The van der Waals surface area contributed by atoms with Gasteiger partial charge in [-0.2, -0.15) is 5.10 Å². The number of aromatic nitrogens is 2. The lowest BCUT2D eigenvalue weighted by molar-refractivity contribution is -0.152. The monoisotopic (exact) mass is 543 g/mol. The molecule has 1 amide bonds. The van der Waals surface area contributed by atoms with Crippen molar-refractivity contribution < 1.29 is 32.6 Å².